The van der Waals surface area contributed by atoms with Crippen LogP contribution in [0.2, 0.25) is 0 Å². The van der Waals surface area contributed by atoms with Crippen molar-refractivity contribution in [2.24, 2.45) is 0 Å². The zero-order valence-electron chi connectivity index (χ0n) is 46.0. The Bertz CT molecular complexity index is 1350. The topological polar surface area (TPSA) is 78.9 Å². The van der Waals surface area contributed by atoms with Gasteiger partial charge in [-0.05, 0) is 64.2 Å². The number of esters is 3. The van der Waals surface area contributed by atoms with Gasteiger partial charge in [0, 0.05) is 19.3 Å². The van der Waals surface area contributed by atoms with Gasteiger partial charge in [-0.3, -0.25) is 14.4 Å². The number of unbranched alkanes of at least 4 members (excludes halogenated alkanes) is 33. The highest BCUT2D eigenvalue weighted by Crippen LogP contribution is 2.16. The summed E-state index contributed by atoms with van der Waals surface area (Å²) in [4.78, 5) is 38.2. The van der Waals surface area contributed by atoms with E-state index in [1.807, 2.05) is 48.6 Å². The van der Waals surface area contributed by atoms with E-state index in [1.165, 1.54) is 154 Å². The molecule has 0 rings (SSSR count). The third-order valence-corrected chi connectivity index (χ3v) is 12.8. The van der Waals surface area contributed by atoms with Crippen molar-refractivity contribution >= 4 is 17.9 Å². The average molecular weight is 976 g/mol. The second kappa shape index (κ2) is 58.2. The van der Waals surface area contributed by atoms with Gasteiger partial charge in [0.1, 0.15) is 13.2 Å². The SMILES string of the molecule is CC\C=C/C=C\C=C/C=C\C=C/CCCCCC(=O)OCC(COC(=O)CCCCCCCCCCCCCCCCCCCCC)OC(=O)CCCCCCC/C=C\C=C/CCCCCCCCC. The van der Waals surface area contributed by atoms with Gasteiger partial charge < -0.3 is 14.2 Å². The first-order valence-electron chi connectivity index (χ1n) is 29.7. The molecule has 1 atom stereocenters. The summed E-state index contributed by atoms with van der Waals surface area (Å²) in [6.07, 6.45) is 75.8. The van der Waals surface area contributed by atoms with E-state index >= 15 is 0 Å². The first-order chi connectivity index (χ1) is 34.5. The van der Waals surface area contributed by atoms with E-state index in [1.54, 1.807) is 0 Å². The molecule has 0 spiro atoms. The van der Waals surface area contributed by atoms with Gasteiger partial charge in [0.2, 0.25) is 0 Å². The van der Waals surface area contributed by atoms with Crippen molar-refractivity contribution in [3.63, 3.8) is 0 Å². The van der Waals surface area contributed by atoms with Crippen LogP contribution < -0.4 is 0 Å². The van der Waals surface area contributed by atoms with Gasteiger partial charge in [-0.1, -0.05) is 286 Å². The second-order valence-electron chi connectivity index (χ2n) is 19.7. The second-order valence-corrected chi connectivity index (χ2v) is 19.7. The zero-order chi connectivity index (χ0) is 50.7. The van der Waals surface area contributed by atoms with E-state index < -0.39 is 6.10 Å². The molecule has 0 radical (unpaired) electrons. The van der Waals surface area contributed by atoms with Crippen molar-refractivity contribution in [2.75, 3.05) is 13.2 Å². The lowest BCUT2D eigenvalue weighted by Crippen LogP contribution is -2.30. The molecule has 0 aromatic heterocycles. The smallest absolute Gasteiger partial charge is 0.306 e. The molecule has 0 aromatic rings. The van der Waals surface area contributed by atoms with Crippen LogP contribution >= 0.6 is 0 Å². The highest BCUT2D eigenvalue weighted by molar-refractivity contribution is 5.71. The van der Waals surface area contributed by atoms with Crippen molar-refractivity contribution in [2.45, 2.75) is 290 Å². The van der Waals surface area contributed by atoms with E-state index in [0.717, 1.165) is 89.9 Å². The maximum absolute atomic E-state index is 12.9. The molecule has 6 nitrogen and oxygen atoms in total. The van der Waals surface area contributed by atoms with Crippen molar-refractivity contribution in [3.05, 3.63) is 85.1 Å². The molecule has 0 amide bonds. The molecular formula is C64H110O6. The first-order valence-corrected chi connectivity index (χ1v) is 29.7. The molecule has 1 unspecified atom stereocenters. The summed E-state index contributed by atoms with van der Waals surface area (Å²) in [7, 11) is 0. The Hall–Kier alpha value is -3.41. The van der Waals surface area contributed by atoms with Gasteiger partial charge in [0.05, 0.1) is 0 Å². The van der Waals surface area contributed by atoms with E-state index in [2.05, 4.69) is 57.2 Å². The van der Waals surface area contributed by atoms with Crippen LogP contribution in [0.1, 0.15) is 284 Å². The van der Waals surface area contributed by atoms with Crippen LogP contribution in [0.4, 0.5) is 0 Å². The fraction of sp³-hybridized carbons (Fsp3) is 0.734. The van der Waals surface area contributed by atoms with Crippen molar-refractivity contribution in [3.8, 4) is 0 Å². The molecule has 0 aromatic carbocycles. The minimum Gasteiger partial charge on any atom is -0.462 e. The van der Waals surface area contributed by atoms with Crippen LogP contribution in [0.25, 0.3) is 0 Å². The van der Waals surface area contributed by atoms with Crippen molar-refractivity contribution in [1.82, 2.24) is 0 Å². The fourth-order valence-electron chi connectivity index (χ4n) is 8.34. The van der Waals surface area contributed by atoms with Crippen LogP contribution in [0, 0.1) is 0 Å². The predicted octanol–water partition coefficient (Wildman–Crippen LogP) is 19.9. The van der Waals surface area contributed by atoms with Crippen LogP contribution in [0.15, 0.2) is 85.1 Å². The molecule has 0 N–H and O–H groups in total. The Balaban J connectivity index is 4.44. The quantitative estimate of drug-likeness (QED) is 0.0261. The summed E-state index contributed by atoms with van der Waals surface area (Å²) in [5.41, 5.74) is 0. The third kappa shape index (κ3) is 55.5. The van der Waals surface area contributed by atoms with Crippen LogP contribution in [-0.4, -0.2) is 37.2 Å². The maximum Gasteiger partial charge on any atom is 0.306 e. The largest absolute Gasteiger partial charge is 0.462 e. The number of ether oxygens (including phenoxy) is 3. The lowest BCUT2D eigenvalue weighted by Gasteiger charge is -2.18. The number of allylic oxidation sites excluding steroid dienone is 14. The number of carbonyl (C=O) groups is 3. The highest BCUT2D eigenvalue weighted by atomic mass is 16.6. The zero-order valence-corrected chi connectivity index (χ0v) is 46.0. The number of carbonyl (C=O) groups excluding carboxylic acids is 3. The standard InChI is InChI=1S/C64H110O6/c1-4-7-10-13-16-19-22-25-28-30-32-34-36-39-42-45-48-51-54-57-63(66)69-60-61(59-68-62(65)56-53-50-47-44-41-38-35-27-24-21-18-15-12-9-6-3)70-64(67)58-55-52-49-46-43-40-37-33-31-29-26-23-20-17-14-11-8-5-2/h9,12,15,18,21,24,27,29,31,33,35,37-38,41,61H,4-8,10-11,13-14,16-17,19-20,22-23,25-26,28,30,32,34,36,39-40,42-60H2,1-3H3/b12-9-,18-15-,24-21-,31-29-,35-27-,37-33-,41-38-. The van der Waals surface area contributed by atoms with Crippen LogP contribution in [-0.2, 0) is 28.6 Å². The van der Waals surface area contributed by atoms with Crippen molar-refractivity contribution in [1.29, 1.82) is 0 Å². The van der Waals surface area contributed by atoms with Gasteiger partial charge in [-0.15, -0.1) is 0 Å². The molecule has 0 fully saturated rings. The van der Waals surface area contributed by atoms with Gasteiger partial charge in [0.15, 0.2) is 6.10 Å². The minimum absolute atomic E-state index is 0.0949. The van der Waals surface area contributed by atoms with Gasteiger partial charge in [-0.2, -0.15) is 0 Å². The predicted molar refractivity (Wildman–Crippen MR) is 302 cm³/mol. The van der Waals surface area contributed by atoms with Crippen LogP contribution in [0.5, 0.6) is 0 Å². The minimum atomic E-state index is -0.802. The molecule has 0 saturated carbocycles. The summed E-state index contributed by atoms with van der Waals surface area (Å²) in [6, 6.07) is 0. The summed E-state index contributed by atoms with van der Waals surface area (Å²) in [5, 5.41) is 0. The molecule has 402 valence electrons. The van der Waals surface area contributed by atoms with E-state index in [4.69, 9.17) is 14.2 Å². The van der Waals surface area contributed by atoms with Gasteiger partial charge in [0.25, 0.3) is 0 Å². The monoisotopic (exact) mass is 975 g/mol. The molecule has 0 aliphatic heterocycles. The van der Waals surface area contributed by atoms with Crippen LogP contribution in [0.3, 0.4) is 0 Å². The van der Waals surface area contributed by atoms with E-state index in [9.17, 15) is 14.4 Å². The molecule has 0 aliphatic rings. The summed E-state index contributed by atoms with van der Waals surface area (Å²) < 4.78 is 16.8. The normalized spacial score (nSPS) is 12.7. The van der Waals surface area contributed by atoms with Crippen molar-refractivity contribution < 1.29 is 28.6 Å². The number of hydrogen-bond donors (Lipinski definition) is 0. The number of hydrogen-bond acceptors (Lipinski definition) is 6. The molecule has 6 heteroatoms. The lowest BCUT2D eigenvalue weighted by atomic mass is 10.0. The van der Waals surface area contributed by atoms with E-state index in [0.29, 0.717) is 19.3 Å². The molecule has 0 heterocycles. The molecule has 0 saturated heterocycles. The maximum atomic E-state index is 12.9. The van der Waals surface area contributed by atoms with Gasteiger partial charge in [-0.25, -0.2) is 0 Å². The van der Waals surface area contributed by atoms with E-state index in [-0.39, 0.29) is 31.1 Å². The summed E-state index contributed by atoms with van der Waals surface area (Å²) >= 11 is 0. The third-order valence-electron chi connectivity index (χ3n) is 12.8. The molecule has 70 heavy (non-hydrogen) atoms. The average Bonchev–Trinajstić information content (AvgIpc) is 3.36. The number of rotatable bonds is 53. The molecule has 0 bridgehead atoms. The Labute approximate surface area is 433 Å². The molecule has 0 aliphatic carbocycles. The molecular weight excluding hydrogens is 865 g/mol. The first kappa shape index (κ1) is 66.6. The summed E-state index contributed by atoms with van der Waals surface area (Å²) in [6.45, 7) is 6.47. The Kier molecular flexibility index (Phi) is 55.3. The Morgan fingerprint density at radius 1 is 0.300 bits per heavy atom. The van der Waals surface area contributed by atoms with Gasteiger partial charge >= 0.3 is 17.9 Å². The Morgan fingerprint density at radius 2 is 0.557 bits per heavy atom. The Morgan fingerprint density at radius 3 is 0.900 bits per heavy atom. The summed E-state index contributed by atoms with van der Waals surface area (Å²) in [5.74, 6) is -0.944. The lowest BCUT2D eigenvalue weighted by molar-refractivity contribution is -0.167. The fourth-order valence-corrected chi connectivity index (χ4v) is 8.34. The highest BCUT2D eigenvalue weighted by Gasteiger charge is 2.19.